The summed E-state index contributed by atoms with van der Waals surface area (Å²) in [5.74, 6) is 0.276. The zero-order valence-corrected chi connectivity index (χ0v) is 8.88. The monoisotopic (exact) mass is 211 g/mol. The van der Waals surface area contributed by atoms with E-state index in [0.717, 1.165) is 5.56 Å². The summed E-state index contributed by atoms with van der Waals surface area (Å²) in [6, 6.07) is 5.97. The minimum absolute atomic E-state index is 0.121. The fourth-order valence-electron chi connectivity index (χ4n) is 1.64. The first-order chi connectivity index (χ1) is 6.68. The van der Waals surface area contributed by atoms with Gasteiger partial charge in [-0.15, -0.1) is 0 Å². The molecule has 1 aliphatic carbocycles. The van der Waals surface area contributed by atoms with E-state index in [1.807, 2.05) is 13.0 Å². The zero-order chi connectivity index (χ0) is 10.1. The fourth-order valence-corrected chi connectivity index (χ4v) is 1.97. The summed E-state index contributed by atoms with van der Waals surface area (Å²) in [5, 5.41) is 13.7. The lowest BCUT2D eigenvalue weighted by Gasteiger charge is -2.16. The molecule has 1 unspecified atom stereocenters. The highest BCUT2D eigenvalue weighted by atomic mass is 35.5. The molecule has 0 heterocycles. The lowest BCUT2D eigenvalue weighted by Crippen LogP contribution is -2.21. The first kappa shape index (κ1) is 9.81. The number of aromatic hydroxyl groups is 1. The average Bonchev–Trinajstić information content (AvgIpc) is 2.87. The molecule has 76 valence electrons. The van der Waals surface area contributed by atoms with Crippen LogP contribution in [-0.4, -0.2) is 11.1 Å². The van der Waals surface area contributed by atoms with Gasteiger partial charge in [0.2, 0.25) is 0 Å². The van der Waals surface area contributed by atoms with Crippen molar-refractivity contribution in [1.29, 1.82) is 0 Å². The molecule has 0 saturated heterocycles. The van der Waals surface area contributed by atoms with Crippen molar-refractivity contribution in [3.63, 3.8) is 0 Å². The van der Waals surface area contributed by atoms with Crippen LogP contribution < -0.4 is 5.32 Å². The summed E-state index contributed by atoms with van der Waals surface area (Å²) < 4.78 is 0. The molecular weight excluding hydrogens is 198 g/mol. The summed E-state index contributed by atoms with van der Waals surface area (Å²) >= 11 is 6.03. The van der Waals surface area contributed by atoms with Crippen molar-refractivity contribution in [1.82, 2.24) is 5.32 Å². The van der Waals surface area contributed by atoms with Gasteiger partial charge in [-0.2, -0.15) is 0 Å². The third-order valence-corrected chi connectivity index (χ3v) is 2.86. The van der Waals surface area contributed by atoms with Crippen LogP contribution in [0.2, 0.25) is 5.02 Å². The molecule has 1 saturated carbocycles. The van der Waals surface area contributed by atoms with Crippen LogP contribution in [0.15, 0.2) is 18.2 Å². The van der Waals surface area contributed by atoms with Crippen molar-refractivity contribution in [3.05, 3.63) is 28.8 Å². The second kappa shape index (κ2) is 3.79. The van der Waals surface area contributed by atoms with Gasteiger partial charge in [-0.05, 0) is 31.9 Å². The SMILES string of the molecule is CC(NC1CC1)c1c(O)cccc1Cl. The van der Waals surface area contributed by atoms with E-state index < -0.39 is 0 Å². The molecule has 0 aliphatic heterocycles. The number of rotatable bonds is 3. The Morgan fingerprint density at radius 3 is 2.79 bits per heavy atom. The van der Waals surface area contributed by atoms with Gasteiger partial charge >= 0.3 is 0 Å². The highest BCUT2D eigenvalue weighted by molar-refractivity contribution is 6.31. The molecule has 2 N–H and O–H groups in total. The Labute approximate surface area is 88.9 Å². The summed E-state index contributed by atoms with van der Waals surface area (Å²) in [6.07, 6.45) is 2.46. The van der Waals surface area contributed by atoms with Gasteiger partial charge in [0.15, 0.2) is 0 Å². The minimum atomic E-state index is 0.121. The van der Waals surface area contributed by atoms with Gasteiger partial charge in [-0.3, -0.25) is 0 Å². The van der Waals surface area contributed by atoms with E-state index in [1.54, 1.807) is 12.1 Å². The zero-order valence-electron chi connectivity index (χ0n) is 8.13. The van der Waals surface area contributed by atoms with Crippen LogP contribution in [0.5, 0.6) is 5.75 Å². The van der Waals surface area contributed by atoms with E-state index in [9.17, 15) is 5.11 Å². The number of benzene rings is 1. The average molecular weight is 212 g/mol. The van der Waals surface area contributed by atoms with Crippen LogP contribution >= 0.6 is 11.6 Å². The van der Waals surface area contributed by atoms with Gasteiger partial charge in [-0.1, -0.05) is 17.7 Å². The van der Waals surface area contributed by atoms with Crippen LogP contribution in [-0.2, 0) is 0 Å². The molecule has 1 aromatic rings. The molecule has 3 heteroatoms. The first-order valence-electron chi connectivity index (χ1n) is 4.92. The number of nitrogens with one attached hydrogen (secondary N) is 1. The van der Waals surface area contributed by atoms with Crippen molar-refractivity contribution in [2.75, 3.05) is 0 Å². The maximum absolute atomic E-state index is 9.67. The van der Waals surface area contributed by atoms with Gasteiger partial charge in [-0.25, -0.2) is 0 Å². The second-order valence-electron chi connectivity index (χ2n) is 3.84. The van der Waals surface area contributed by atoms with Crippen LogP contribution in [0, 0.1) is 0 Å². The van der Waals surface area contributed by atoms with Crippen LogP contribution in [0.4, 0.5) is 0 Å². The van der Waals surface area contributed by atoms with Gasteiger partial charge in [0.1, 0.15) is 5.75 Å². The third-order valence-electron chi connectivity index (χ3n) is 2.53. The fraction of sp³-hybridized carbons (Fsp3) is 0.455. The molecule has 1 aliphatic rings. The van der Waals surface area contributed by atoms with Crippen molar-refractivity contribution in [2.45, 2.75) is 31.8 Å². The Balaban J connectivity index is 2.19. The highest BCUT2D eigenvalue weighted by Gasteiger charge is 2.25. The maximum atomic E-state index is 9.67. The smallest absolute Gasteiger partial charge is 0.121 e. The molecular formula is C11H14ClNO. The van der Waals surface area contributed by atoms with Gasteiger partial charge < -0.3 is 10.4 Å². The van der Waals surface area contributed by atoms with E-state index in [1.165, 1.54) is 12.8 Å². The van der Waals surface area contributed by atoms with Crippen LogP contribution in [0.1, 0.15) is 31.4 Å². The molecule has 0 amide bonds. The molecule has 0 radical (unpaired) electrons. The molecule has 2 rings (SSSR count). The van der Waals surface area contributed by atoms with E-state index >= 15 is 0 Å². The van der Waals surface area contributed by atoms with Gasteiger partial charge in [0.05, 0.1) is 0 Å². The normalized spacial score (nSPS) is 18.1. The summed E-state index contributed by atoms with van der Waals surface area (Å²) in [5.41, 5.74) is 0.807. The van der Waals surface area contributed by atoms with Gasteiger partial charge in [0, 0.05) is 22.7 Å². The largest absolute Gasteiger partial charge is 0.508 e. The molecule has 1 atom stereocenters. The van der Waals surface area contributed by atoms with E-state index in [2.05, 4.69) is 5.32 Å². The van der Waals surface area contributed by atoms with E-state index in [-0.39, 0.29) is 11.8 Å². The Morgan fingerprint density at radius 2 is 2.21 bits per heavy atom. The van der Waals surface area contributed by atoms with Crippen molar-refractivity contribution in [3.8, 4) is 5.75 Å². The number of phenolic OH excluding ortho intramolecular Hbond substituents is 1. The standard InChI is InChI=1S/C11H14ClNO/c1-7(13-8-5-6-8)11-9(12)3-2-4-10(11)14/h2-4,7-8,13-14H,5-6H2,1H3. The quantitative estimate of drug-likeness (QED) is 0.806. The molecule has 2 nitrogen and oxygen atoms in total. The molecule has 0 spiro atoms. The summed E-state index contributed by atoms with van der Waals surface area (Å²) in [6.45, 7) is 2.03. The first-order valence-corrected chi connectivity index (χ1v) is 5.29. The lowest BCUT2D eigenvalue weighted by atomic mass is 10.1. The van der Waals surface area contributed by atoms with Crippen molar-refractivity contribution in [2.24, 2.45) is 0 Å². The van der Waals surface area contributed by atoms with Crippen LogP contribution in [0.3, 0.4) is 0 Å². The van der Waals surface area contributed by atoms with Gasteiger partial charge in [0.25, 0.3) is 0 Å². The van der Waals surface area contributed by atoms with E-state index in [0.29, 0.717) is 11.1 Å². The second-order valence-corrected chi connectivity index (χ2v) is 4.24. The Hall–Kier alpha value is -0.730. The van der Waals surface area contributed by atoms with E-state index in [4.69, 9.17) is 11.6 Å². The topological polar surface area (TPSA) is 32.3 Å². The lowest BCUT2D eigenvalue weighted by molar-refractivity contribution is 0.452. The number of halogens is 1. The number of phenols is 1. The Morgan fingerprint density at radius 1 is 1.50 bits per heavy atom. The predicted octanol–water partition coefficient (Wildman–Crippen LogP) is 2.86. The molecule has 0 bridgehead atoms. The Bertz CT molecular complexity index is 316. The molecule has 1 fully saturated rings. The maximum Gasteiger partial charge on any atom is 0.121 e. The predicted molar refractivity (Wildman–Crippen MR) is 57.7 cm³/mol. The molecule has 14 heavy (non-hydrogen) atoms. The summed E-state index contributed by atoms with van der Waals surface area (Å²) in [7, 11) is 0. The minimum Gasteiger partial charge on any atom is -0.508 e. The number of hydrogen-bond donors (Lipinski definition) is 2. The van der Waals surface area contributed by atoms with Crippen LogP contribution in [0.25, 0.3) is 0 Å². The third kappa shape index (κ3) is 2.02. The highest BCUT2D eigenvalue weighted by Crippen LogP contribution is 2.33. The molecule has 0 aromatic heterocycles. The number of hydrogen-bond acceptors (Lipinski definition) is 2. The Kier molecular flexibility index (Phi) is 2.66. The molecule has 1 aromatic carbocycles. The van der Waals surface area contributed by atoms with Crippen molar-refractivity contribution < 1.29 is 5.11 Å². The van der Waals surface area contributed by atoms with Crippen molar-refractivity contribution >= 4 is 11.6 Å². The summed E-state index contributed by atoms with van der Waals surface area (Å²) in [4.78, 5) is 0.